The van der Waals surface area contributed by atoms with Crippen LogP contribution in [0.25, 0.3) is 0 Å². The Morgan fingerprint density at radius 1 is 1.67 bits per heavy atom. The molecule has 0 aromatic carbocycles. The second-order valence-corrected chi connectivity index (χ2v) is 2.97. The van der Waals surface area contributed by atoms with Gasteiger partial charge in [0.1, 0.15) is 5.82 Å². The number of rotatable bonds is 3. The number of nitrogens with two attached hydrogens (primary N) is 1. The molecule has 1 amide bonds. The first-order chi connectivity index (χ1) is 7.24. The highest BCUT2D eigenvalue weighted by Crippen LogP contribution is 1.93. The number of hydrogen-bond acceptors (Lipinski definition) is 3. The predicted octanol–water partition coefficient (Wildman–Crippen LogP) is -0.959. The molecular weight excluding hydrogens is 192 g/mol. The number of nitrogens with one attached hydrogen (secondary N) is 1. The molecule has 0 atom stereocenters. The number of hydrogen-bond donors (Lipinski definition) is 2. The Labute approximate surface area is 88.7 Å². The Bertz CT molecular complexity index is 386. The van der Waals surface area contributed by atoms with Gasteiger partial charge in [-0.25, -0.2) is 4.98 Å². The van der Waals surface area contributed by atoms with E-state index in [0.717, 1.165) is 5.82 Å². The zero-order chi connectivity index (χ0) is 11.1. The van der Waals surface area contributed by atoms with E-state index in [4.69, 9.17) is 5.73 Å². The molecule has 0 bridgehead atoms. The Morgan fingerprint density at radius 2 is 2.47 bits per heavy atom. The van der Waals surface area contributed by atoms with Crippen molar-refractivity contribution in [1.29, 1.82) is 0 Å². The second-order valence-electron chi connectivity index (χ2n) is 2.97. The molecule has 0 aliphatic rings. The minimum Gasteiger partial charge on any atom is -0.344 e. The van der Waals surface area contributed by atoms with Gasteiger partial charge in [-0.3, -0.25) is 4.79 Å². The predicted molar refractivity (Wildman–Crippen MR) is 56.8 cm³/mol. The highest BCUT2D eigenvalue weighted by Gasteiger charge is 1.94. The van der Waals surface area contributed by atoms with Crippen molar-refractivity contribution in [1.82, 2.24) is 14.9 Å². The van der Waals surface area contributed by atoms with Gasteiger partial charge in [0, 0.05) is 19.4 Å². The number of carbonyl (C=O) groups excluding carboxylic acids is 1. The van der Waals surface area contributed by atoms with Gasteiger partial charge in [-0.2, -0.15) is 0 Å². The third kappa shape index (κ3) is 3.83. The first kappa shape index (κ1) is 11.3. The molecule has 1 heterocycles. The van der Waals surface area contributed by atoms with E-state index >= 15 is 0 Å². The van der Waals surface area contributed by atoms with Crippen LogP contribution in [0.3, 0.4) is 0 Å². The molecule has 0 aliphatic heterocycles. The third-order valence-electron chi connectivity index (χ3n) is 1.85. The molecule has 1 aromatic heterocycles. The summed E-state index contributed by atoms with van der Waals surface area (Å²) in [6, 6.07) is 0. The van der Waals surface area contributed by atoms with Gasteiger partial charge in [-0.05, 0) is 0 Å². The molecule has 0 saturated heterocycles. The number of amides is 1. The molecule has 0 saturated carbocycles. The van der Waals surface area contributed by atoms with Crippen LogP contribution < -0.4 is 11.1 Å². The van der Waals surface area contributed by atoms with Gasteiger partial charge in [0.25, 0.3) is 0 Å². The molecular formula is C10H14N4O. The van der Waals surface area contributed by atoms with E-state index in [-0.39, 0.29) is 12.5 Å². The zero-order valence-corrected chi connectivity index (χ0v) is 8.66. The minimum atomic E-state index is -0.193. The van der Waals surface area contributed by atoms with Crippen LogP contribution in [0.1, 0.15) is 5.82 Å². The van der Waals surface area contributed by atoms with E-state index in [1.165, 1.54) is 0 Å². The van der Waals surface area contributed by atoms with Crippen LogP contribution in [0, 0.1) is 11.8 Å². The average molecular weight is 206 g/mol. The van der Waals surface area contributed by atoms with Gasteiger partial charge in [-0.1, -0.05) is 11.8 Å². The van der Waals surface area contributed by atoms with Crippen molar-refractivity contribution >= 4 is 5.91 Å². The van der Waals surface area contributed by atoms with Crippen molar-refractivity contribution in [3.8, 4) is 11.8 Å². The molecule has 5 nitrogen and oxygen atoms in total. The normalized spacial score (nSPS) is 9.20. The summed E-state index contributed by atoms with van der Waals surface area (Å²) in [5, 5.41) is 2.56. The number of nitrogens with zero attached hydrogens (tertiary/aromatic N) is 2. The molecule has 0 unspecified atom stereocenters. The fourth-order valence-corrected chi connectivity index (χ4v) is 0.986. The van der Waals surface area contributed by atoms with Crippen molar-refractivity contribution in [2.75, 3.05) is 13.1 Å². The summed E-state index contributed by atoms with van der Waals surface area (Å²) in [5.41, 5.74) is 5.11. The Morgan fingerprint density at radius 3 is 3.07 bits per heavy atom. The largest absolute Gasteiger partial charge is 0.344 e. The lowest BCUT2D eigenvalue weighted by molar-refractivity contribution is -0.119. The summed E-state index contributed by atoms with van der Waals surface area (Å²) < 4.78 is 1.91. The maximum atomic E-state index is 10.7. The lowest BCUT2D eigenvalue weighted by Crippen LogP contribution is -2.30. The molecule has 15 heavy (non-hydrogen) atoms. The van der Waals surface area contributed by atoms with Crippen molar-refractivity contribution in [2.24, 2.45) is 12.8 Å². The molecule has 1 aromatic rings. The lowest BCUT2D eigenvalue weighted by Gasteiger charge is -1.96. The standard InChI is InChI=1S/C10H14N4O/c1-14-7-6-12-9(14)4-2-3-5-13-10(15)8-11/h6-7H,4-5,8,11H2,1H3,(H,13,15). The molecule has 0 fully saturated rings. The monoisotopic (exact) mass is 206 g/mol. The third-order valence-corrected chi connectivity index (χ3v) is 1.85. The van der Waals surface area contributed by atoms with Crippen molar-refractivity contribution in [2.45, 2.75) is 6.42 Å². The van der Waals surface area contributed by atoms with E-state index in [2.05, 4.69) is 22.1 Å². The Balaban J connectivity index is 2.29. The summed E-state index contributed by atoms with van der Waals surface area (Å²) in [7, 11) is 1.92. The molecule has 0 spiro atoms. The highest BCUT2D eigenvalue weighted by molar-refractivity contribution is 5.77. The van der Waals surface area contributed by atoms with Crippen LogP contribution in [-0.2, 0) is 18.3 Å². The molecule has 0 radical (unpaired) electrons. The minimum absolute atomic E-state index is 0.00104. The van der Waals surface area contributed by atoms with E-state index in [0.29, 0.717) is 13.0 Å². The van der Waals surface area contributed by atoms with Crippen molar-refractivity contribution in [3.05, 3.63) is 18.2 Å². The van der Waals surface area contributed by atoms with E-state index in [1.54, 1.807) is 6.20 Å². The molecule has 1 rings (SSSR count). The SMILES string of the molecule is Cn1ccnc1CC#CCNC(=O)CN. The number of aromatic nitrogens is 2. The van der Waals surface area contributed by atoms with Crippen LogP contribution in [0.4, 0.5) is 0 Å². The summed E-state index contributed by atoms with van der Waals surface area (Å²) in [6.07, 6.45) is 4.18. The Hall–Kier alpha value is -1.80. The van der Waals surface area contributed by atoms with Crippen LogP contribution in [0.2, 0.25) is 0 Å². The second kappa shape index (κ2) is 5.83. The maximum Gasteiger partial charge on any atom is 0.234 e. The Kier molecular flexibility index (Phi) is 4.38. The van der Waals surface area contributed by atoms with Crippen LogP contribution in [-0.4, -0.2) is 28.5 Å². The molecule has 0 aliphatic carbocycles. The zero-order valence-electron chi connectivity index (χ0n) is 8.66. The summed E-state index contributed by atoms with van der Waals surface area (Å²) in [6.45, 7) is 0.335. The van der Waals surface area contributed by atoms with Gasteiger partial charge in [-0.15, -0.1) is 0 Å². The van der Waals surface area contributed by atoms with Crippen molar-refractivity contribution < 1.29 is 4.79 Å². The quantitative estimate of drug-likeness (QED) is 0.626. The van der Waals surface area contributed by atoms with Crippen LogP contribution in [0.5, 0.6) is 0 Å². The fourth-order valence-electron chi connectivity index (χ4n) is 0.986. The number of aryl methyl sites for hydroxylation is 1. The first-order valence-corrected chi connectivity index (χ1v) is 4.62. The fraction of sp³-hybridized carbons (Fsp3) is 0.400. The topological polar surface area (TPSA) is 72.9 Å². The summed E-state index contributed by atoms with van der Waals surface area (Å²) >= 11 is 0. The van der Waals surface area contributed by atoms with E-state index in [9.17, 15) is 4.79 Å². The van der Waals surface area contributed by atoms with E-state index in [1.807, 2.05) is 17.8 Å². The first-order valence-electron chi connectivity index (χ1n) is 4.62. The van der Waals surface area contributed by atoms with Gasteiger partial charge >= 0.3 is 0 Å². The van der Waals surface area contributed by atoms with Gasteiger partial charge in [0.2, 0.25) is 5.91 Å². The summed E-state index contributed by atoms with van der Waals surface area (Å²) in [4.78, 5) is 14.9. The van der Waals surface area contributed by atoms with Crippen LogP contribution >= 0.6 is 0 Å². The van der Waals surface area contributed by atoms with Crippen molar-refractivity contribution in [3.63, 3.8) is 0 Å². The molecule has 3 N–H and O–H groups in total. The van der Waals surface area contributed by atoms with Gasteiger partial charge in [0.05, 0.1) is 19.5 Å². The van der Waals surface area contributed by atoms with Gasteiger partial charge < -0.3 is 15.6 Å². The lowest BCUT2D eigenvalue weighted by atomic mass is 10.4. The summed E-state index contributed by atoms with van der Waals surface area (Å²) in [5.74, 6) is 6.46. The average Bonchev–Trinajstić information content (AvgIpc) is 2.63. The maximum absolute atomic E-state index is 10.7. The number of imidazole rings is 1. The van der Waals surface area contributed by atoms with E-state index < -0.39 is 0 Å². The molecule has 80 valence electrons. The molecule has 5 heteroatoms. The van der Waals surface area contributed by atoms with Crippen LogP contribution in [0.15, 0.2) is 12.4 Å². The number of carbonyl (C=O) groups is 1. The highest BCUT2D eigenvalue weighted by atomic mass is 16.1. The smallest absolute Gasteiger partial charge is 0.234 e. The van der Waals surface area contributed by atoms with Gasteiger partial charge in [0.15, 0.2) is 0 Å².